The smallest absolute Gasteiger partial charge is 0.223 e. The molecule has 1 saturated carbocycles. The minimum Gasteiger partial charge on any atom is -0.374 e. The molecule has 0 radical (unpaired) electrons. The lowest BCUT2D eigenvalue weighted by Gasteiger charge is -2.38. The first-order valence-electron chi connectivity index (χ1n) is 7.99. The van der Waals surface area contributed by atoms with Gasteiger partial charge in [-0.3, -0.25) is 4.79 Å². The Morgan fingerprint density at radius 1 is 1.21 bits per heavy atom. The number of carbonyl (C=O) groups excluding carboxylic acids is 1. The van der Waals surface area contributed by atoms with E-state index in [0.29, 0.717) is 30.5 Å². The molecule has 4 nitrogen and oxygen atoms in total. The van der Waals surface area contributed by atoms with Crippen LogP contribution in [0.25, 0.3) is 0 Å². The molecule has 0 bridgehead atoms. The number of hydrogen-bond donors (Lipinski definition) is 1. The predicted molar refractivity (Wildman–Crippen MR) is 74.0 cm³/mol. The zero-order valence-electron chi connectivity index (χ0n) is 11.8. The molecule has 3 unspecified atom stereocenters. The van der Waals surface area contributed by atoms with Crippen LogP contribution in [0.1, 0.15) is 51.4 Å². The van der Waals surface area contributed by atoms with E-state index in [1.807, 2.05) is 0 Å². The normalized spacial score (nSPS) is 35.2. The molecule has 0 aromatic carbocycles. The van der Waals surface area contributed by atoms with Crippen LogP contribution in [-0.4, -0.2) is 48.7 Å². The molecule has 4 heteroatoms. The minimum atomic E-state index is 0.325. The number of fused-ring (bicyclic) bond motifs is 1. The van der Waals surface area contributed by atoms with Crippen molar-refractivity contribution >= 4 is 5.91 Å². The highest BCUT2D eigenvalue weighted by atomic mass is 16.5. The van der Waals surface area contributed by atoms with Gasteiger partial charge in [-0.2, -0.15) is 0 Å². The summed E-state index contributed by atoms with van der Waals surface area (Å²) in [6.45, 7) is 2.66. The summed E-state index contributed by atoms with van der Waals surface area (Å²) in [6, 6.07) is 0.943. The number of carbonyl (C=O) groups is 1. The third kappa shape index (κ3) is 3.11. The maximum absolute atomic E-state index is 12.4. The van der Waals surface area contributed by atoms with Crippen LogP contribution >= 0.6 is 0 Å². The first-order chi connectivity index (χ1) is 9.34. The van der Waals surface area contributed by atoms with Crippen LogP contribution in [0.3, 0.4) is 0 Å². The van der Waals surface area contributed by atoms with Gasteiger partial charge in [0.1, 0.15) is 0 Å². The Balaban J connectivity index is 1.48. The molecule has 2 aliphatic heterocycles. The highest BCUT2D eigenvalue weighted by molar-refractivity contribution is 5.76. The zero-order chi connectivity index (χ0) is 13.1. The molecule has 0 aromatic heterocycles. The molecular formula is C15H26N2O2. The van der Waals surface area contributed by atoms with E-state index in [2.05, 4.69) is 10.2 Å². The molecule has 0 spiro atoms. The van der Waals surface area contributed by atoms with E-state index in [1.165, 1.54) is 25.7 Å². The Morgan fingerprint density at radius 2 is 2.16 bits per heavy atom. The van der Waals surface area contributed by atoms with Crippen molar-refractivity contribution in [3.05, 3.63) is 0 Å². The molecule has 2 heterocycles. The van der Waals surface area contributed by atoms with Gasteiger partial charge in [0.2, 0.25) is 5.91 Å². The van der Waals surface area contributed by atoms with E-state index in [1.54, 1.807) is 0 Å². The lowest BCUT2D eigenvalue weighted by Crippen LogP contribution is -2.51. The second-order valence-electron chi connectivity index (χ2n) is 6.18. The van der Waals surface area contributed by atoms with Crippen LogP contribution in [0.2, 0.25) is 0 Å². The van der Waals surface area contributed by atoms with E-state index < -0.39 is 0 Å². The predicted octanol–water partition coefficient (Wildman–Crippen LogP) is 1.69. The van der Waals surface area contributed by atoms with Crippen molar-refractivity contribution in [2.45, 2.75) is 69.6 Å². The summed E-state index contributed by atoms with van der Waals surface area (Å²) in [5, 5.41) is 3.53. The monoisotopic (exact) mass is 266 g/mol. The summed E-state index contributed by atoms with van der Waals surface area (Å²) in [4.78, 5) is 14.5. The van der Waals surface area contributed by atoms with Crippen molar-refractivity contribution in [2.24, 2.45) is 0 Å². The Kier molecular flexibility index (Phi) is 4.38. The summed E-state index contributed by atoms with van der Waals surface area (Å²) in [7, 11) is 0. The number of rotatable bonds is 3. The van der Waals surface area contributed by atoms with Crippen LogP contribution in [0.5, 0.6) is 0 Å². The van der Waals surface area contributed by atoms with Gasteiger partial charge < -0.3 is 15.0 Å². The van der Waals surface area contributed by atoms with Crippen molar-refractivity contribution in [2.75, 3.05) is 19.7 Å². The number of nitrogens with one attached hydrogen (secondary N) is 1. The van der Waals surface area contributed by atoms with Crippen molar-refractivity contribution in [3.63, 3.8) is 0 Å². The van der Waals surface area contributed by atoms with Gasteiger partial charge in [0.05, 0.1) is 18.8 Å². The molecule has 108 valence electrons. The second-order valence-corrected chi connectivity index (χ2v) is 6.18. The number of piperidine rings is 1. The van der Waals surface area contributed by atoms with E-state index in [9.17, 15) is 4.79 Å². The summed E-state index contributed by atoms with van der Waals surface area (Å²) in [6.07, 6.45) is 9.37. The van der Waals surface area contributed by atoms with E-state index >= 15 is 0 Å². The quantitative estimate of drug-likeness (QED) is 0.845. The zero-order valence-corrected chi connectivity index (χ0v) is 11.8. The third-order valence-corrected chi connectivity index (χ3v) is 4.92. The molecule has 3 atom stereocenters. The summed E-state index contributed by atoms with van der Waals surface area (Å²) >= 11 is 0. The van der Waals surface area contributed by atoms with Crippen molar-refractivity contribution < 1.29 is 9.53 Å². The van der Waals surface area contributed by atoms with Crippen LogP contribution < -0.4 is 5.32 Å². The van der Waals surface area contributed by atoms with Crippen LogP contribution in [-0.2, 0) is 9.53 Å². The van der Waals surface area contributed by atoms with Crippen molar-refractivity contribution in [1.82, 2.24) is 10.2 Å². The largest absolute Gasteiger partial charge is 0.374 e. The van der Waals surface area contributed by atoms with Gasteiger partial charge in [-0.15, -0.1) is 0 Å². The van der Waals surface area contributed by atoms with Crippen molar-refractivity contribution in [3.8, 4) is 0 Å². The van der Waals surface area contributed by atoms with Gasteiger partial charge >= 0.3 is 0 Å². The molecule has 1 amide bonds. The maximum atomic E-state index is 12.4. The fraction of sp³-hybridized carbons (Fsp3) is 0.933. The van der Waals surface area contributed by atoms with Crippen LogP contribution in [0, 0.1) is 0 Å². The van der Waals surface area contributed by atoms with Gasteiger partial charge in [0.25, 0.3) is 0 Å². The SMILES string of the molecule is O=C(CCC1CCCCN1)N1CCOC2CCCC21. The van der Waals surface area contributed by atoms with E-state index in [-0.39, 0.29) is 0 Å². The average molecular weight is 266 g/mol. The summed E-state index contributed by atoms with van der Waals surface area (Å²) in [5.41, 5.74) is 0. The molecule has 3 rings (SSSR count). The number of nitrogens with zero attached hydrogens (tertiary/aromatic N) is 1. The maximum Gasteiger partial charge on any atom is 0.223 e. The standard InChI is InChI=1S/C15H26N2O2/c18-15(8-7-12-4-1-2-9-16-12)17-10-11-19-14-6-3-5-13(14)17/h12-14,16H,1-11H2. The van der Waals surface area contributed by atoms with Gasteiger partial charge in [-0.25, -0.2) is 0 Å². The summed E-state index contributed by atoms with van der Waals surface area (Å²) < 4.78 is 5.77. The molecule has 3 aliphatic rings. The molecule has 2 saturated heterocycles. The Labute approximate surface area is 115 Å². The first-order valence-corrected chi connectivity index (χ1v) is 7.99. The van der Waals surface area contributed by atoms with Crippen LogP contribution in [0.4, 0.5) is 0 Å². The number of hydrogen-bond acceptors (Lipinski definition) is 3. The molecule has 3 fully saturated rings. The third-order valence-electron chi connectivity index (χ3n) is 4.92. The van der Waals surface area contributed by atoms with Gasteiger partial charge in [-0.05, 0) is 45.1 Å². The summed E-state index contributed by atoms with van der Waals surface area (Å²) in [5.74, 6) is 0.354. The Bertz CT molecular complexity index is 315. The Hall–Kier alpha value is -0.610. The molecule has 1 N–H and O–H groups in total. The molecular weight excluding hydrogens is 240 g/mol. The number of ether oxygens (including phenoxy) is 1. The van der Waals surface area contributed by atoms with Crippen LogP contribution in [0.15, 0.2) is 0 Å². The van der Waals surface area contributed by atoms with E-state index in [4.69, 9.17) is 4.74 Å². The molecule has 19 heavy (non-hydrogen) atoms. The lowest BCUT2D eigenvalue weighted by molar-refractivity contribution is -0.144. The average Bonchev–Trinajstić information content (AvgIpc) is 2.94. The minimum absolute atomic E-state index is 0.325. The highest BCUT2D eigenvalue weighted by Crippen LogP contribution is 2.30. The van der Waals surface area contributed by atoms with Crippen molar-refractivity contribution in [1.29, 1.82) is 0 Å². The second kappa shape index (κ2) is 6.23. The fourth-order valence-electron chi connectivity index (χ4n) is 3.85. The molecule has 0 aromatic rings. The Morgan fingerprint density at radius 3 is 3.00 bits per heavy atom. The highest BCUT2D eigenvalue weighted by Gasteiger charge is 2.38. The number of morpholine rings is 1. The number of amides is 1. The van der Waals surface area contributed by atoms with Gasteiger partial charge in [0, 0.05) is 19.0 Å². The lowest BCUT2D eigenvalue weighted by atomic mass is 10.00. The first kappa shape index (κ1) is 13.4. The topological polar surface area (TPSA) is 41.6 Å². The van der Waals surface area contributed by atoms with Gasteiger partial charge in [-0.1, -0.05) is 6.42 Å². The molecule has 1 aliphatic carbocycles. The van der Waals surface area contributed by atoms with Gasteiger partial charge in [0.15, 0.2) is 0 Å². The van der Waals surface area contributed by atoms with E-state index in [0.717, 1.165) is 39.0 Å². The fourth-order valence-corrected chi connectivity index (χ4v) is 3.85.